The Bertz CT molecular complexity index is 818. The Hall–Kier alpha value is -2.57. The molecule has 2 aromatic carbocycles. The molecule has 0 aromatic heterocycles. The molecule has 25 heavy (non-hydrogen) atoms. The number of halogens is 2. The second-order valence-electron chi connectivity index (χ2n) is 5.02. The van der Waals surface area contributed by atoms with E-state index in [1.165, 1.54) is 24.3 Å². The summed E-state index contributed by atoms with van der Waals surface area (Å²) in [5, 5.41) is 4.60. The summed E-state index contributed by atoms with van der Waals surface area (Å²) >= 11 is 11.6. The van der Waals surface area contributed by atoms with Gasteiger partial charge in [0.1, 0.15) is 0 Å². The lowest BCUT2D eigenvalue weighted by molar-refractivity contribution is 0.0262. The van der Waals surface area contributed by atoms with E-state index in [-0.39, 0.29) is 18.1 Å². The number of carbonyl (C=O) groups excluding carboxylic acids is 2. The zero-order valence-corrected chi connectivity index (χ0v) is 14.2. The second-order valence-corrected chi connectivity index (χ2v) is 5.90. The van der Waals surface area contributed by atoms with Crippen LogP contribution in [0.2, 0.25) is 10.0 Å². The molecule has 0 spiro atoms. The van der Waals surface area contributed by atoms with Crippen molar-refractivity contribution in [3.63, 3.8) is 0 Å². The molecule has 0 bridgehead atoms. The molecule has 128 valence electrons. The maximum absolute atomic E-state index is 12.1. The fraction of sp³-hybridized carbons (Fsp3) is 0.118. The first-order valence-corrected chi connectivity index (χ1v) is 7.92. The Kier molecular flexibility index (Phi) is 5.21. The number of nitrogens with zero attached hydrogens (tertiary/aromatic N) is 1. The lowest BCUT2D eigenvalue weighted by atomic mass is 10.2. The van der Waals surface area contributed by atoms with Crippen molar-refractivity contribution in [2.45, 2.75) is 6.10 Å². The van der Waals surface area contributed by atoms with Crippen LogP contribution in [0.4, 0.5) is 0 Å². The minimum Gasteiger partial charge on any atom is -0.445 e. The van der Waals surface area contributed by atoms with Crippen LogP contribution in [-0.4, -0.2) is 30.5 Å². The Balaban J connectivity index is 1.64. The summed E-state index contributed by atoms with van der Waals surface area (Å²) in [6, 6.07) is 12.3. The van der Waals surface area contributed by atoms with Crippen LogP contribution in [0.5, 0.6) is 0 Å². The van der Waals surface area contributed by atoms with Crippen LogP contribution in [0, 0.1) is 0 Å². The molecule has 0 saturated carbocycles. The molecule has 0 saturated heterocycles. The number of carbonyl (C=O) groups is 2. The van der Waals surface area contributed by atoms with E-state index in [4.69, 9.17) is 37.5 Å². The predicted octanol–water partition coefficient (Wildman–Crippen LogP) is 3.72. The number of esters is 2. The van der Waals surface area contributed by atoms with Crippen molar-refractivity contribution in [1.29, 1.82) is 0 Å². The fourth-order valence-corrected chi connectivity index (χ4v) is 2.24. The molecule has 1 aliphatic rings. The zero-order valence-electron chi connectivity index (χ0n) is 12.6. The average Bonchev–Trinajstić information content (AvgIpc) is 3.02. The number of ether oxygens (including phenoxy) is 2. The van der Waals surface area contributed by atoms with Gasteiger partial charge in [0.05, 0.1) is 11.1 Å². The van der Waals surface area contributed by atoms with Crippen LogP contribution in [0.3, 0.4) is 0 Å². The molecule has 6 nitrogen and oxygen atoms in total. The van der Waals surface area contributed by atoms with E-state index in [0.29, 0.717) is 15.6 Å². The monoisotopic (exact) mass is 379 g/mol. The van der Waals surface area contributed by atoms with E-state index in [0.717, 1.165) is 0 Å². The van der Waals surface area contributed by atoms with Crippen molar-refractivity contribution >= 4 is 41.0 Å². The molecular formula is C17H11Cl2NO5. The topological polar surface area (TPSA) is 74.2 Å². The average molecular weight is 380 g/mol. The van der Waals surface area contributed by atoms with Crippen LogP contribution in [0.15, 0.2) is 53.7 Å². The number of hydrogen-bond donors (Lipinski definition) is 0. The van der Waals surface area contributed by atoms with E-state index in [9.17, 15) is 9.59 Å². The Morgan fingerprint density at radius 3 is 2.00 bits per heavy atom. The summed E-state index contributed by atoms with van der Waals surface area (Å²) in [4.78, 5) is 29.1. The smallest absolute Gasteiger partial charge is 0.344 e. The highest BCUT2D eigenvalue weighted by Crippen LogP contribution is 2.16. The normalized spacial score (nSPS) is 15.9. The Labute approximate surface area is 152 Å². The van der Waals surface area contributed by atoms with Gasteiger partial charge in [-0.1, -0.05) is 23.2 Å². The molecule has 2 aromatic rings. The standard InChI is InChI=1S/C17H11Cl2NO5/c18-12-5-1-10(2-6-12)16(21)24-14-9-23-20-15(14)25-17(22)11-3-7-13(19)8-4-11/h1-8,14H,9H2. The SMILES string of the molecule is O=C(OC1=NOCC1OC(=O)c1ccc(Cl)cc1)c1ccc(Cl)cc1. The van der Waals surface area contributed by atoms with Gasteiger partial charge in [-0.05, 0) is 53.7 Å². The first-order chi connectivity index (χ1) is 12.0. The first-order valence-electron chi connectivity index (χ1n) is 7.17. The van der Waals surface area contributed by atoms with Crippen molar-refractivity contribution in [1.82, 2.24) is 0 Å². The molecule has 0 aliphatic carbocycles. The van der Waals surface area contributed by atoms with Gasteiger partial charge >= 0.3 is 11.9 Å². The van der Waals surface area contributed by atoms with Gasteiger partial charge in [0.15, 0.2) is 6.61 Å². The van der Waals surface area contributed by atoms with Crippen LogP contribution in [0.1, 0.15) is 20.7 Å². The van der Waals surface area contributed by atoms with Gasteiger partial charge in [0.25, 0.3) is 5.90 Å². The second kappa shape index (κ2) is 7.55. The van der Waals surface area contributed by atoms with Crippen LogP contribution >= 0.6 is 23.2 Å². The van der Waals surface area contributed by atoms with E-state index < -0.39 is 18.0 Å². The molecule has 1 heterocycles. The summed E-state index contributed by atoms with van der Waals surface area (Å²) in [6.07, 6.45) is -0.917. The van der Waals surface area contributed by atoms with E-state index in [2.05, 4.69) is 5.16 Å². The molecule has 1 atom stereocenters. The van der Waals surface area contributed by atoms with E-state index in [1.54, 1.807) is 24.3 Å². The molecule has 0 fully saturated rings. The van der Waals surface area contributed by atoms with E-state index >= 15 is 0 Å². The number of benzene rings is 2. The molecule has 8 heteroatoms. The maximum atomic E-state index is 12.1. The summed E-state index contributed by atoms with van der Waals surface area (Å²) in [7, 11) is 0. The highest BCUT2D eigenvalue weighted by Gasteiger charge is 2.31. The summed E-state index contributed by atoms with van der Waals surface area (Å²) in [6.45, 7) is -0.0391. The van der Waals surface area contributed by atoms with Crippen molar-refractivity contribution in [2.24, 2.45) is 5.16 Å². The third-order valence-corrected chi connectivity index (χ3v) is 3.77. The van der Waals surface area contributed by atoms with Crippen molar-refractivity contribution < 1.29 is 23.9 Å². The van der Waals surface area contributed by atoms with Gasteiger partial charge in [0.2, 0.25) is 6.10 Å². The molecule has 1 aliphatic heterocycles. The number of oxime groups is 1. The fourth-order valence-electron chi connectivity index (χ4n) is 1.99. The molecule has 3 rings (SSSR count). The van der Waals surface area contributed by atoms with Gasteiger partial charge in [-0.3, -0.25) is 0 Å². The highest BCUT2D eigenvalue weighted by atomic mass is 35.5. The van der Waals surface area contributed by atoms with E-state index in [1.807, 2.05) is 0 Å². The van der Waals surface area contributed by atoms with Crippen molar-refractivity contribution in [2.75, 3.05) is 6.61 Å². The lowest BCUT2D eigenvalue weighted by Gasteiger charge is -2.12. The predicted molar refractivity (Wildman–Crippen MR) is 90.9 cm³/mol. The van der Waals surface area contributed by atoms with Crippen LogP contribution in [-0.2, 0) is 14.3 Å². The van der Waals surface area contributed by atoms with Gasteiger partial charge in [-0.25, -0.2) is 9.59 Å². The minimum absolute atomic E-state index is 0.0391. The quantitative estimate of drug-likeness (QED) is 0.759. The minimum atomic E-state index is -0.917. The number of rotatable bonds is 3. The third-order valence-electron chi connectivity index (χ3n) is 3.26. The molecule has 0 radical (unpaired) electrons. The molecule has 0 N–H and O–H groups in total. The first kappa shape index (κ1) is 17.3. The maximum Gasteiger partial charge on any atom is 0.344 e. The summed E-state index contributed by atoms with van der Waals surface area (Å²) < 4.78 is 10.4. The Morgan fingerprint density at radius 1 is 0.920 bits per heavy atom. The lowest BCUT2D eigenvalue weighted by Crippen LogP contribution is -2.30. The largest absolute Gasteiger partial charge is 0.445 e. The van der Waals surface area contributed by atoms with Gasteiger partial charge in [-0.2, -0.15) is 0 Å². The number of hydrogen-bond acceptors (Lipinski definition) is 6. The molecule has 1 unspecified atom stereocenters. The van der Waals surface area contributed by atoms with Gasteiger partial charge in [0, 0.05) is 10.0 Å². The van der Waals surface area contributed by atoms with Gasteiger partial charge < -0.3 is 14.3 Å². The van der Waals surface area contributed by atoms with Crippen molar-refractivity contribution in [3.05, 3.63) is 69.7 Å². The van der Waals surface area contributed by atoms with Gasteiger partial charge in [-0.15, -0.1) is 0 Å². The summed E-state index contributed by atoms with van der Waals surface area (Å²) in [5.41, 5.74) is 0.585. The zero-order chi connectivity index (χ0) is 17.8. The Morgan fingerprint density at radius 2 is 1.44 bits per heavy atom. The van der Waals surface area contributed by atoms with Crippen LogP contribution < -0.4 is 0 Å². The molecule has 0 amide bonds. The molecular weight excluding hydrogens is 369 g/mol. The summed E-state index contributed by atoms with van der Waals surface area (Å²) in [5.74, 6) is -1.39. The highest BCUT2D eigenvalue weighted by molar-refractivity contribution is 6.31. The van der Waals surface area contributed by atoms with Crippen molar-refractivity contribution in [3.8, 4) is 0 Å². The third kappa shape index (κ3) is 4.29. The van der Waals surface area contributed by atoms with Crippen LogP contribution in [0.25, 0.3) is 0 Å².